The van der Waals surface area contributed by atoms with Crippen LogP contribution in [0, 0.1) is 16.4 Å². The van der Waals surface area contributed by atoms with E-state index in [0.717, 1.165) is 28.4 Å². The maximum absolute atomic E-state index is 12.3. The quantitative estimate of drug-likeness (QED) is 0.677. The Morgan fingerprint density at radius 2 is 2.19 bits per heavy atom. The van der Waals surface area contributed by atoms with Crippen molar-refractivity contribution in [3.8, 4) is 0 Å². The molecule has 0 unspecified atom stereocenters. The maximum atomic E-state index is 12.3. The van der Waals surface area contributed by atoms with Gasteiger partial charge >= 0.3 is 6.09 Å². The summed E-state index contributed by atoms with van der Waals surface area (Å²) in [7, 11) is 0. The lowest BCUT2D eigenvalue weighted by molar-refractivity contribution is -0.121. The fourth-order valence-corrected chi connectivity index (χ4v) is 2.96. The first kappa shape index (κ1) is 16.0. The van der Waals surface area contributed by atoms with E-state index in [0.29, 0.717) is 12.2 Å². The monoisotopic (exact) mass is 403 g/mol. The second-order valence-corrected chi connectivity index (χ2v) is 6.48. The van der Waals surface area contributed by atoms with Crippen molar-refractivity contribution in [2.24, 2.45) is 5.92 Å². The molecule has 6 nitrogen and oxygen atoms in total. The zero-order valence-electron chi connectivity index (χ0n) is 11.7. The van der Waals surface area contributed by atoms with Crippen molar-refractivity contribution in [2.45, 2.75) is 38.6 Å². The fourth-order valence-electron chi connectivity index (χ4n) is 2.53. The van der Waals surface area contributed by atoms with Crippen LogP contribution in [0.3, 0.4) is 0 Å². The van der Waals surface area contributed by atoms with Crippen LogP contribution in [0.15, 0.2) is 12.3 Å². The minimum absolute atomic E-state index is 0.0842. The minimum atomic E-state index is -1.03. The Kier molecular flexibility index (Phi) is 5.38. The van der Waals surface area contributed by atoms with Gasteiger partial charge in [-0.05, 0) is 60.4 Å². The van der Waals surface area contributed by atoms with Crippen LogP contribution in [0.2, 0.25) is 0 Å². The average molecular weight is 403 g/mol. The Bertz CT molecular complexity index is 550. The largest absolute Gasteiger partial charge is 0.465 e. The summed E-state index contributed by atoms with van der Waals surface area (Å²) in [5.74, 6) is 0.290. The molecule has 2 atom stereocenters. The highest BCUT2D eigenvalue weighted by Gasteiger charge is 2.28. The van der Waals surface area contributed by atoms with E-state index in [2.05, 4.69) is 38.2 Å². The SMILES string of the molecule is Cc1cnc(NC(=O)[C@H]2CCC[C@@H](NC(=O)O)C2)cc1I. The highest BCUT2D eigenvalue weighted by atomic mass is 127. The molecular formula is C14H18IN3O3. The smallest absolute Gasteiger partial charge is 0.404 e. The topological polar surface area (TPSA) is 91.3 Å². The van der Waals surface area contributed by atoms with Gasteiger partial charge in [-0.25, -0.2) is 9.78 Å². The first-order valence-corrected chi connectivity index (χ1v) is 7.96. The number of carboxylic acid groups (broad SMARTS) is 1. The van der Waals surface area contributed by atoms with Gasteiger partial charge in [0.25, 0.3) is 0 Å². The lowest BCUT2D eigenvalue weighted by Gasteiger charge is -2.28. The summed E-state index contributed by atoms with van der Waals surface area (Å²) >= 11 is 2.20. The minimum Gasteiger partial charge on any atom is -0.465 e. The highest BCUT2D eigenvalue weighted by Crippen LogP contribution is 2.25. The standard InChI is InChI=1S/C14H18IN3O3/c1-8-7-16-12(6-11(8)15)18-13(19)9-3-2-4-10(5-9)17-14(20)21/h6-7,9-10,17H,2-5H2,1H3,(H,20,21)(H,16,18,19)/t9-,10+/m0/s1. The van der Waals surface area contributed by atoms with E-state index in [1.165, 1.54) is 0 Å². The Morgan fingerprint density at radius 1 is 1.43 bits per heavy atom. The van der Waals surface area contributed by atoms with E-state index in [9.17, 15) is 9.59 Å². The van der Waals surface area contributed by atoms with Gasteiger partial charge in [0.15, 0.2) is 0 Å². The van der Waals surface area contributed by atoms with Gasteiger partial charge in [0, 0.05) is 21.7 Å². The molecule has 3 N–H and O–H groups in total. The lowest BCUT2D eigenvalue weighted by Crippen LogP contribution is -2.40. The molecule has 2 rings (SSSR count). The summed E-state index contributed by atoms with van der Waals surface area (Å²) in [5, 5.41) is 14.1. The molecule has 0 bridgehead atoms. The van der Waals surface area contributed by atoms with E-state index in [-0.39, 0.29) is 17.9 Å². The van der Waals surface area contributed by atoms with Crippen LogP contribution in [0.1, 0.15) is 31.2 Å². The number of aryl methyl sites for hydroxylation is 1. The Hall–Kier alpha value is -1.38. The van der Waals surface area contributed by atoms with Crippen LogP contribution in [0.4, 0.5) is 10.6 Å². The Morgan fingerprint density at radius 3 is 2.86 bits per heavy atom. The molecule has 1 aliphatic carbocycles. The number of carbonyl (C=O) groups excluding carboxylic acids is 1. The number of hydrogen-bond donors (Lipinski definition) is 3. The number of nitrogens with one attached hydrogen (secondary N) is 2. The zero-order chi connectivity index (χ0) is 15.4. The molecule has 21 heavy (non-hydrogen) atoms. The van der Waals surface area contributed by atoms with Crippen molar-refractivity contribution < 1.29 is 14.7 Å². The first-order chi connectivity index (χ1) is 9.95. The third kappa shape index (κ3) is 4.55. The van der Waals surface area contributed by atoms with Gasteiger partial charge in [0.2, 0.25) is 5.91 Å². The third-order valence-corrected chi connectivity index (χ3v) is 4.82. The number of hydrogen-bond acceptors (Lipinski definition) is 3. The van der Waals surface area contributed by atoms with Crippen molar-refractivity contribution in [1.82, 2.24) is 10.3 Å². The molecule has 2 amide bonds. The normalized spacial score (nSPS) is 21.6. The summed E-state index contributed by atoms with van der Waals surface area (Å²) in [4.78, 5) is 27.1. The van der Waals surface area contributed by atoms with Gasteiger partial charge in [-0.15, -0.1) is 0 Å². The molecule has 114 valence electrons. The summed E-state index contributed by atoms with van der Waals surface area (Å²) < 4.78 is 1.05. The van der Waals surface area contributed by atoms with Crippen LogP contribution in [0.25, 0.3) is 0 Å². The highest BCUT2D eigenvalue weighted by molar-refractivity contribution is 14.1. The number of amides is 2. The van der Waals surface area contributed by atoms with E-state index in [4.69, 9.17) is 5.11 Å². The summed E-state index contributed by atoms with van der Waals surface area (Å²) in [6.07, 6.45) is 3.66. The second-order valence-electron chi connectivity index (χ2n) is 5.32. The summed E-state index contributed by atoms with van der Waals surface area (Å²) in [6, 6.07) is 1.70. The molecule has 1 fully saturated rings. The van der Waals surface area contributed by atoms with Crippen molar-refractivity contribution >= 4 is 40.4 Å². The molecule has 1 aromatic heterocycles. The summed E-state index contributed by atoms with van der Waals surface area (Å²) in [6.45, 7) is 1.96. The molecule has 0 aliphatic heterocycles. The van der Waals surface area contributed by atoms with Crippen LogP contribution in [0.5, 0.6) is 0 Å². The van der Waals surface area contributed by atoms with Gasteiger partial charge in [0.05, 0.1) is 0 Å². The van der Waals surface area contributed by atoms with E-state index in [1.54, 1.807) is 6.20 Å². The molecule has 1 aliphatic rings. The molecule has 0 aromatic carbocycles. The zero-order valence-corrected chi connectivity index (χ0v) is 13.9. The number of rotatable bonds is 3. The predicted molar refractivity (Wildman–Crippen MR) is 87.2 cm³/mol. The maximum Gasteiger partial charge on any atom is 0.404 e. The second kappa shape index (κ2) is 7.06. The number of nitrogens with zero attached hydrogens (tertiary/aromatic N) is 1. The van der Waals surface area contributed by atoms with Gasteiger partial charge < -0.3 is 15.7 Å². The summed E-state index contributed by atoms with van der Waals surface area (Å²) in [5.41, 5.74) is 1.07. The van der Waals surface area contributed by atoms with Crippen LogP contribution in [-0.2, 0) is 4.79 Å². The molecule has 0 spiro atoms. The van der Waals surface area contributed by atoms with E-state index < -0.39 is 6.09 Å². The van der Waals surface area contributed by atoms with E-state index >= 15 is 0 Å². The molecule has 1 aromatic rings. The molecule has 0 saturated heterocycles. The third-order valence-electron chi connectivity index (χ3n) is 3.66. The van der Waals surface area contributed by atoms with E-state index in [1.807, 2.05) is 13.0 Å². The predicted octanol–water partition coefficient (Wildman–Crippen LogP) is 2.76. The first-order valence-electron chi connectivity index (χ1n) is 6.88. The number of aromatic nitrogens is 1. The number of halogens is 1. The fraction of sp³-hybridized carbons (Fsp3) is 0.500. The van der Waals surface area contributed by atoms with Gasteiger partial charge in [-0.3, -0.25) is 4.79 Å². The van der Waals surface area contributed by atoms with Crippen molar-refractivity contribution in [3.05, 3.63) is 21.4 Å². The molecular weight excluding hydrogens is 385 g/mol. The Balaban J connectivity index is 1.96. The van der Waals surface area contributed by atoms with Crippen molar-refractivity contribution in [1.29, 1.82) is 0 Å². The molecule has 0 radical (unpaired) electrons. The lowest BCUT2D eigenvalue weighted by atomic mass is 9.85. The van der Waals surface area contributed by atoms with Crippen LogP contribution in [-0.4, -0.2) is 28.1 Å². The van der Waals surface area contributed by atoms with Gasteiger partial charge in [-0.1, -0.05) is 6.42 Å². The van der Waals surface area contributed by atoms with Crippen LogP contribution >= 0.6 is 22.6 Å². The molecule has 7 heteroatoms. The molecule has 1 saturated carbocycles. The number of anilines is 1. The number of carbonyl (C=O) groups is 2. The van der Waals surface area contributed by atoms with Crippen molar-refractivity contribution in [3.63, 3.8) is 0 Å². The van der Waals surface area contributed by atoms with Crippen LogP contribution < -0.4 is 10.6 Å². The molecule has 1 heterocycles. The average Bonchev–Trinajstić information content (AvgIpc) is 2.42. The Labute approximate surface area is 136 Å². The van der Waals surface area contributed by atoms with Gasteiger partial charge in [-0.2, -0.15) is 0 Å². The van der Waals surface area contributed by atoms with Crippen molar-refractivity contribution in [2.75, 3.05) is 5.32 Å². The van der Waals surface area contributed by atoms with Gasteiger partial charge in [0.1, 0.15) is 5.82 Å². The number of pyridine rings is 1.